The van der Waals surface area contributed by atoms with E-state index in [0.29, 0.717) is 17.2 Å². The minimum absolute atomic E-state index is 0.0570. The quantitative estimate of drug-likeness (QED) is 0.651. The standard InChI is InChI=1S/C24H29N5O3/c1-15-21(23(27-32-15)31-19-7-10-28(2)24(14-19)8-3-9-24)17-6-11-29-18(12-17)13-20(26-29)25-22(30)16-4-5-16/h6,11-13,16,19H,3-5,7-10,14H2,1-2H3,(H,25,26,30)/t19-/m1/s1. The van der Waals surface area contributed by atoms with Gasteiger partial charge in [-0.25, -0.2) is 4.52 Å². The van der Waals surface area contributed by atoms with Crippen molar-refractivity contribution in [2.24, 2.45) is 5.92 Å². The second-order valence-corrected chi connectivity index (χ2v) is 9.73. The molecule has 3 aromatic heterocycles. The molecule has 168 valence electrons. The molecular formula is C24H29N5O3. The first-order valence-electron chi connectivity index (χ1n) is 11.7. The number of aromatic nitrogens is 3. The van der Waals surface area contributed by atoms with Crippen LogP contribution < -0.4 is 10.1 Å². The first kappa shape index (κ1) is 19.8. The Morgan fingerprint density at radius 1 is 1.28 bits per heavy atom. The Labute approximate surface area is 186 Å². The molecule has 1 atom stereocenters. The van der Waals surface area contributed by atoms with Crippen LogP contribution in [0, 0.1) is 12.8 Å². The van der Waals surface area contributed by atoms with Crippen LogP contribution in [0.3, 0.4) is 0 Å². The van der Waals surface area contributed by atoms with Crippen LogP contribution in [0.1, 0.15) is 50.7 Å². The van der Waals surface area contributed by atoms with Crippen molar-refractivity contribution in [1.82, 2.24) is 19.7 Å². The SMILES string of the molecule is Cc1onc(O[C@@H]2CCN(C)C3(CCC3)C2)c1-c1ccn2nc(NC(=O)C3CC3)cc2c1. The Bertz CT molecular complexity index is 1170. The Hall–Kier alpha value is -2.87. The van der Waals surface area contributed by atoms with Gasteiger partial charge in [0, 0.05) is 36.7 Å². The minimum Gasteiger partial charge on any atom is -0.472 e. The lowest BCUT2D eigenvalue weighted by molar-refractivity contribution is -0.117. The summed E-state index contributed by atoms with van der Waals surface area (Å²) in [6, 6.07) is 5.92. The molecular weight excluding hydrogens is 406 g/mol. The first-order chi connectivity index (χ1) is 15.5. The van der Waals surface area contributed by atoms with Crippen LogP contribution in [0.4, 0.5) is 5.82 Å². The largest absolute Gasteiger partial charge is 0.472 e. The summed E-state index contributed by atoms with van der Waals surface area (Å²) in [5.74, 6) is 2.08. The van der Waals surface area contributed by atoms with Crippen molar-refractivity contribution in [1.29, 1.82) is 0 Å². The third-order valence-electron chi connectivity index (χ3n) is 7.55. The van der Waals surface area contributed by atoms with Crippen molar-refractivity contribution in [3.05, 3.63) is 30.2 Å². The number of nitrogens with one attached hydrogen (secondary N) is 1. The van der Waals surface area contributed by atoms with Gasteiger partial charge in [-0.3, -0.25) is 4.79 Å². The lowest BCUT2D eigenvalue weighted by Gasteiger charge is -2.53. The van der Waals surface area contributed by atoms with Crippen LogP contribution in [0.15, 0.2) is 28.9 Å². The van der Waals surface area contributed by atoms with Gasteiger partial charge in [0.2, 0.25) is 5.91 Å². The van der Waals surface area contributed by atoms with Crippen molar-refractivity contribution >= 4 is 17.2 Å². The van der Waals surface area contributed by atoms with Gasteiger partial charge in [-0.1, -0.05) is 0 Å². The number of carbonyl (C=O) groups excluding carboxylic acids is 1. The van der Waals surface area contributed by atoms with Gasteiger partial charge in [0.1, 0.15) is 11.9 Å². The number of nitrogens with zero attached hydrogens (tertiary/aromatic N) is 4. The molecule has 4 heterocycles. The summed E-state index contributed by atoms with van der Waals surface area (Å²) in [6.07, 6.45) is 9.84. The average molecular weight is 436 g/mol. The Morgan fingerprint density at radius 3 is 2.88 bits per heavy atom. The zero-order valence-electron chi connectivity index (χ0n) is 18.6. The highest BCUT2D eigenvalue weighted by molar-refractivity contribution is 5.93. The van der Waals surface area contributed by atoms with E-state index in [4.69, 9.17) is 9.26 Å². The monoisotopic (exact) mass is 435 g/mol. The number of piperidine rings is 1. The maximum Gasteiger partial charge on any atom is 0.262 e. The lowest BCUT2D eigenvalue weighted by atomic mass is 9.69. The summed E-state index contributed by atoms with van der Waals surface area (Å²) in [5, 5.41) is 11.6. The zero-order valence-corrected chi connectivity index (χ0v) is 18.6. The predicted octanol–water partition coefficient (Wildman–Crippen LogP) is 4.04. The maximum absolute atomic E-state index is 12.1. The predicted molar refractivity (Wildman–Crippen MR) is 120 cm³/mol. The molecule has 0 radical (unpaired) electrons. The van der Waals surface area contributed by atoms with Crippen LogP contribution in [-0.4, -0.2) is 50.8 Å². The van der Waals surface area contributed by atoms with Gasteiger partial charge in [0.25, 0.3) is 5.88 Å². The highest BCUT2D eigenvalue weighted by Crippen LogP contribution is 2.45. The van der Waals surface area contributed by atoms with E-state index in [1.165, 1.54) is 19.3 Å². The number of hydrogen-bond acceptors (Lipinski definition) is 6. The third kappa shape index (κ3) is 3.37. The van der Waals surface area contributed by atoms with Crippen molar-refractivity contribution < 1.29 is 14.1 Å². The van der Waals surface area contributed by atoms with E-state index < -0.39 is 0 Å². The van der Waals surface area contributed by atoms with E-state index in [0.717, 1.165) is 54.6 Å². The number of amides is 1. The van der Waals surface area contributed by atoms with Crippen LogP contribution in [0.2, 0.25) is 0 Å². The second kappa shape index (κ2) is 7.33. The number of pyridine rings is 1. The number of hydrogen-bond donors (Lipinski definition) is 1. The number of fused-ring (bicyclic) bond motifs is 1. The van der Waals surface area contributed by atoms with Gasteiger partial charge in [-0.15, -0.1) is 0 Å². The van der Waals surface area contributed by atoms with E-state index in [1.54, 1.807) is 4.52 Å². The summed E-state index contributed by atoms with van der Waals surface area (Å²) in [6.45, 7) is 2.97. The number of aryl methyl sites for hydroxylation is 1. The molecule has 2 saturated carbocycles. The number of rotatable bonds is 5. The molecule has 3 fully saturated rings. The topological polar surface area (TPSA) is 84.9 Å². The molecule has 8 nitrogen and oxygen atoms in total. The molecule has 1 saturated heterocycles. The normalized spacial score (nSPS) is 22.8. The molecule has 3 aliphatic rings. The molecule has 6 rings (SSSR count). The number of carbonyl (C=O) groups is 1. The molecule has 3 aromatic rings. The number of likely N-dealkylation sites (tertiary alicyclic amines) is 1. The van der Waals surface area contributed by atoms with Crippen LogP contribution in [-0.2, 0) is 4.79 Å². The Morgan fingerprint density at radius 2 is 2.12 bits per heavy atom. The highest BCUT2D eigenvalue weighted by Gasteiger charge is 2.45. The summed E-state index contributed by atoms with van der Waals surface area (Å²) < 4.78 is 13.7. The fraction of sp³-hybridized carbons (Fsp3) is 0.542. The molecule has 8 heteroatoms. The zero-order chi connectivity index (χ0) is 21.9. The van der Waals surface area contributed by atoms with Gasteiger partial charge in [-0.05, 0) is 75.3 Å². The maximum atomic E-state index is 12.1. The number of ether oxygens (including phenoxy) is 1. The Kier molecular flexibility index (Phi) is 4.54. The van der Waals surface area contributed by atoms with Crippen LogP contribution >= 0.6 is 0 Å². The van der Waals surface area contributed by atoms with Crippen molar-refractivity contribution in [3.8, 4) is 17.0 Å². The van der Waals surface area contributed by atoms with E-state index in [2.05, 4.69) is 27.5 Å². The second-order valence-electron chi connectivity index (χ2n) is 9.73. The van der Waals surface area contributed by atoms with Crippen LogP contribution in [0.5, 0.6) is 5.88 Å². The molecule has 0 aromatic carbocycles. The molecule has 0 bridgehead atoms. The molecule has 1 spiro atoms. The van der Waals surface area contributed by atoms with E-state index >= 15 is 0 Å². The molecule has 1 N–H and O–H groups in total. The van der Waals surface area contributed by atoms with Crippen molar-refractivity contribution in [2.75, 3.05) is 18.9 Å². The van der Waals surface area contributed by atoms with E-state index in [-0.39, 0.29) is 17.9 Å². The fourth-order valence-corrected chi connectivity index (χ4v) is 5.23. The highest BCUT2D eigenvalue weighted by atomic mass is 16.5. The first-order valence-corrected chi connectivity index (χ1v) is 11.7. The van der Waals surface area contributed by atoms with Gasteiger partial charge in [-0.2, -0.15) is 5.10 Å². The summed E-state index contributed by atoms with van der Waals surface area (Å²) in [5.41, 5.74) is 3.06. The van der Waals surface area contributed by atoms with Gasteiger partial charge in [0.05, 0.1) is 11.1 Å². The van der Waals surface area contributed by atoms with Crippen molar-refractivity contribution in [2.45, 2.75) is 63.5 Å². The lowest BCUT2D eigenvalue weighted by Crippen LogP contribution is -2.58. The summed E-state index contributed by atoms with van der Waals surface area (Å²) in [7, 11) is 2.24. The summed E-state index contributed by atoms with van der Waals surface area (Å²) in [4.78, 5) is 14.6. The molecule has 32 heavy (non-hydrogen) atoms. The van der Waals surface area contributed by atoms with Crippen molar-refractivity contribution in [3.63, 3.8) is 0 Å². The fourth-order valence-electron chi connectivity index (χ4n) is 5.23. The summed E-state index contributed by atoms with van der Waals surface area (Å²) >= 11 is 0. The van der Waals surface area contributed by atoms with E-state index in [9.17, 15) is 4.79 Å². The molecule has 1 amide bonds. The van der Waals surface area contributed by atoms with Gasteiger partial charge in [0.15, 0.2) is 5.82 Å². The Balaban J connectivity index is 1.25. The third-order valence-corrected chi connectivity index (χ3v) is 7.55. The van der Waals surface area contributed by atoms with Gasteiger partial charge < -0.3 is 19.5 Å². The average Bonchev–Trinajstić information content (AvgIpc) is 3.44. The molecule has 1 aliphatic heterocycles. The van der Waals surface area contributed by atoms with E-state index in [1.807, 2.05) is 31.3 Å². The van der Waals surface area contributed by atoms with Gasteiger partial charge >= 0.3 is 0 Å². The van der Waals surface area contributed by atoms with Crippen LogP contribution in [0.25, 0.3) is 16.6 Å². The minimum atomic E-state index is 0.0570. The molecule has 0 unspecified atom stereocenters. The molecule has 2 aliphatic carbocycles. The number of anilines is 1. The smallest absolute Gasteiger partial charge is 0.262 e.